The lowest BCUT2D eigenvalue weighted by molar-refractivity contribution is 0.153. The van der Waals surface area contributed by atoms with E-state index in [-0.39, 0.29) is 0 Å². The number of halogens is 1. The fraction of sp³-hybridized carbons (Fsp3) is 0.455. The van der Waals surface area contributed by atoms with E-state index in [4.69, 9.17) is 11.6 Å². The van der Waals surface area contributed by atoms with Crippen molar-refractivity contribution in [3.63, 3.8) is 0 Å². The van der Waals surface area contributed by atoms with E-state index in [1.807, 2.05) is 6.07 Å². The van der Waals surface area contributed by atoms with Gasteiger partial charge in [0.05, 0.1) is 0 Å². The predicted molar refractivity (Wildman–Crippen MR) is 113 cm³/mol. The standard InChI is InChI=1S/C22H30ClN3/c1-18-7-4-5-8-21(18)26(22-17-20(23)10-9-19(22)2)12-6-11-25-15-13-24(3)14-16-25/h4-5,7-10,17H,6,11-16H2,1-3H3. The Morgan fingerprint density at radius 1 is 0.923 bits per heavy atom. The normalized spacial score (nSPS) is 16.0. The second-order valence-electron chi connectivity index (χ2n) is 7.37. The summed E-state index contributed by atoms with van der Waals surface area (Å²) in [6.07, 6.45) is 1.14. The minimum Gasteiger partial charge on any atom is -0.341 e. The summed E-state index contributed by atoms with van der Waals surface area (Å²) in [4.78, 5) is 7.43. The van der Waals surface area contributed by atoms with Crippen molar-refractivity contribution >= 4 is 23.0 Å². The van der Waals surface area contributed by atoms with Crippen molar-refractivity contribution < 1.29 is 0 Å². The van der Waals surface area contributed by atoms with Crippen LogP contribution in [0.5, 0.6) is 0 Å². The quantitative estimate of drug-likeness (QED) is 0.726. The molecule has 1 heterocycles. The van der Waals surface area contributed by atoms with E-state index in [0.717, 1.165) is 24.5 Å². The van der Waals surface area contributed by atoms with Gasteiger partial charge in [-0.3, -0.25) is 0 Å². The summed E-state index contributed by atoms with van der Waals surface area (Å²) in [5.41, 5.74) is 5.05. The molecule has 1 saturated heterocycles. The number of likely N-dealkylation sites (N-methyl/N-ethyl adjacent to an activating group) is 1. The van der Waals surface area contributed by atoms with E-state index in [2.05, 4.69) is 72.0 Å². The largest absolute Gasteiger partial charge is 0.341 e. The van der Waals surface area contributed by atoms with Crippen LogP contribution in [0.1, 0.15) is 17.5 Å². The number of hydrogen-bond donors (Lipinski definition) is 0. The van der Waals surface area contributed by atoms with Crippen molar-refractivity contribution in [2.75, 3.05) is 51.2 Å². The van der Waals surface area contributed by atoms with Crippen LogP contribution in [0, 0.1) is 13.8 Å². The molecule has 0 amide bonds. The fourth-order valence-electron chi connectivity index (χ4n) is 3.63. The number of hydrogen-bond acceptors (Lipinski definition) is 3. The van der Waals surface area contributed by atoms with Gasteiger partial charge in [0.25, 0.3) is 0 Å². The Balaban J connectivity index is 1.75. The van der Waals surface area contributed by atoms with Crippen LogP contribution in [0.15, 0.2) is 42.5 Å². The molecular weight excluding hydrogens is 342 g/mol. The summed E-state index contributed by atoms with van der Waals surface area (Å²) in [6.45, 7) is 11.2. The molecule has 2 aromatic rings. The zero-order valence-electron chi connectivity index (χ0n) is 16.2. The Morgan fingerprint density at radius 2 is 1.62 bits per heavy atom. The van der Waals surface area contributed by atoms with Crippen LogP contribution in [0.4, 0.5) is 11.4 Å². The molecule has 0 atom stereocenters. The molecular formula is C22H30ClN3. The maximum absolute atomic E-state index is 6.32. The van der Waals surface area contributed by atoms with Gasteiger partial charge in [0.2, 0.25) is 0 Å². The van der Waals surface area contributed by atoms with Gasteiger partial charge in [-0.05, 0) is 63.2 Å². The molecule has 0 bridgehead atoms. The topological polar surface area (TPSA) is 9.72 Å². The van der Waals surface area contributed by atoms with Crippen LogP contribution in [0.25, 0.3) is 0 Å². The minimum absolute atomic E-state index is 0.795. The summed E-state index contributed by atoms with van der Waals surface area (Å²) in [6, 6.07) is 14.8. The van der Waals surface area contributed by atoms with Crippen molar-refractivity contribution in [3.05, 3.63) is 58.6 Å². The molecule has 1 fully saturated rings. The van der Waals surface area contributed by atoms with Crippen molar-refractivity contribution in [3.8, 4) is 0 Å². The molecule has 2 aromatic carbocycles. The summed E-state index contributed by atoms with van der Waals surface area (Å²) in [5.74, 6) is 0. The SMILES string of the molecule is Cc1ccccc1N(CCCN1CCN(C)CC1)c1cc(Cl)ccc1C. The third kappa shape index (κ3) is 4.79. The van der Waals surface area contributed by atoms with E-state index < -0.39 is 0 Å². The molecule has 0 aromatic heterocycles. The van der Waals surface area contributed by atoms with Gasteiger partial charge in [-0.25, -0.2) is 0 Å². The summed E-state index contributed by atoms with van der Waals surface area (Å²) < 4.78 is 0. The van der Waals surface area contributed by atoms with Crippen LogP contribution < -0.4 is 4.90 Å². The van der Waals surface area contributed by atoms with E-state index in [9.17, 15) is 0 Å². The Morgan fingerprint density at radius 3 is 2.35 bits per heavy atom. The van der Waals surface area contributed by atoms with E-state index >= 15 is 0 Å². The maximum atomic E-state index is 6.32. The number of piperazine rings is 1. The van der Waals surface area contributed by atoms with Crippen LogP contribution in [0.3, 0.4) is 0 Å². The maximum Gasteiger partial charge on any atom is 0.0455 e. The van der Waals surface area contributed by atoms with E-state index in [0.29, 0.717) is 0 Å². The van der Waals surface area contributed by atoms with Crippen molar-refractivity contribution in [1.82, 2.24) is 9.80 Å². The highest BCUT2D eigenvalue weighted by Crippen LogP contribution is 2.32. The smallest absolute Gasteiger partial charge is 0.0455 e. The van der Waals surface area contributed by atoms with Crippen molar-refractivity contribution in [2.45, 2.75) is 20.3 Å². The summed E-state index contributed by atoms with van der Waals surface area (Å²) in [7, 11) is 2.21. The zero-order valence-corrected chi connectivity index (χ0v) is 17.0. The van der Waals surface area contributed by atoms with Gasteiger partial charge in [0.15, 0.2) is 0 Å². The third-order valence-corrected chi connectivity index (χ3v) is 5.56. The molecule has 4 heteroatoms. The lowest BCUT2D eigenvalue weighted by Crippen LogP contribution is -2.45. The third-order valence-electron chi connectivity index (χ3n) is 5.32. The van der Waals surface area contributed by atoms with Gasteiger partial charge in [-0.15, -0.1) is 0 Å². The van der Waals surface area contributed by atoms with Crippen LogP contribution in [-0.4, -0.2) is 56.1 Å². The van der Waals surface area contributed by atoms with Gasteiger partial charge in [-0.1, -0.05) is 35.9 Å². The minimum atomic E-state index is 0.795. The van der Waals surface area contributed by atoms with Gasteiger partial charge in [0.1, 0.15) is 0 Å². The first-order valence-electron chi connectivity index (χ1n) is 9.55. The number of para-hydroxylation sites is 1. The van der Waals surface area contributed by atoms with Crippen LogP contribution in [0.2, 0.25) is 5.02 Å². The fourth-order valence-corrected chi connectivity index (χ4v) is 3.80. The number of aryl methyl sites for hydroxylation is 2. The van der Waals surface area contributed by atoms with Gasteiger partial charge in [0, 0.05) is 49.1 Å². The molecule has 0 N–H and O–H groups in total. The van der Waals surface area contributed by atoms with Crippen molar-refractivity contribution in [1.29, 1.82) is 0 Å². The average molecular weight is 372 g/mol. The van der Waals surface area contributed by atoms with Crippen molar-refractivity contribution in [2.24, 2.45) is 0 Å². The van der Waals surface area contributed by atoms with Gasteiger partial charge < -0.3 is 14.7 Å². The highest BCUT2D eigenvalue weighted by molar-refractivity contribution is 6.30. The number of nitrogens with zero attached hydrogens (tertiary/aromatic N) is 3. The van der Waals surface area contributed by atoms with E-state index in [1.54, 1.807) is 0 Å². The van der Waals surface area contributed by atoms with E-state index in [1.165, 1.54) is 48.7 Å². The number of rotatable bonds is 6. The Kier molecular flexibility index (Phi) is 6.58. The van der Waals surface area contributed by atoms with Crippen LogP contribution in [-0.2, 0) is 0 Å². The Labute approximate surface area is 163 Å². The molecule has 1 aliphatic rings. The first kappa shape index (κ1) is 19.2. The zero-order chi connectivity index (χ0) is 18.5. The molecule has 0 saturated carbocycles. The molecule has 0 unspecified atom stereocenters. The second-order valence-corrected chi connectivity index (χ2v) is 7.80. The summed E-state index contributed by atoms with van der Waals surface area (Å²) >= 11 is 6.32. The molecule has 0 radical (unpaired) electrons. The highest BCUT2D eigenvalue weighted by atomic mass is 35.5. The Hall–Kier alpha value is -1.55. The predicted octanol–water partition coefficient (Wildman–Crippen LogP) is 4.73. The lowest BCUT2D eigenvalue weighted by atomic mass is 10.1. The monoisotopic (exact) mass is 371 g/mol. The van der Waals surface area contributed by atoms with Gasteiger partial charge >= 0.3 is 0 Å². The van der Waals surface area contributed by atoms with Crippen LogP contribution >= 0.6 is 11.6 Å². The molecule has 3 nitrogen and oxygen atoms in total. The molecule has 0 spiro atoms. The first-order chi connectivity index (χ1) is 12.5. The number of anilines is 2. The molecule has 26 heavy (non-hydrogen) atoms. The first-order valence-corrected chi connectivity index (χ1v) is 9.92. The highest BCUT2D eigenvalue weighted by Gasteiger charge is 2.17. The Bertz CT molecular complexity index is 723. The molecule has 0 aliphatic carbocycles. The second kappa shape index (κ2) is 8.90. The number of benzene rings is 2. The summed E-state index contributed by atoms with van der Waals surface area (Å²) in [5, 5.41) is 0.795. The molecule has 1 aliphatic heterocycles. The lowest BCUT2D eigenvalue weighted by Gasteiger charge is -2.33. The average Bonchev–Trinajstić information content (AvgIpc) is 2.63. The van der Waals surface area contributed by atoms with Gasteiger partial charge in [-0.2, -0.15) is 0 Å². The molecule has 3 rings (SSSR count). The molecule has 140 valence electrons.